The van der Waals surface area contributed by atoms with E-state index in [0.29, 0.717) is 45.2 Å². The fourth-order valence-electron chi connectivity index (χ4n) is 6.39. The summed E-state index contributed by atoms with van der Waals surface area (Å²) in [4.78, 5) is 68.3. The van der Waals surface area contributed by atoms with Gasteiger partial charge in [-0.05, 0) is 43.2 Å². The van der Waals surface area contributed by atoms with Gasteiger partial charge in [0.25, 0.3) is 0 Å². The summed E-state index contributed by atoms with van der Waals surface area (Å²) in [6.45, 7) is -1.31. The van der Waals surface area contributed by atoms with Crippen molar-refractivity contribution in [3.8, 4) is 0 Å². The molecule has 2 fully saturated rings. The van der Waals surface area contributed by atoms with E-state index in [1.54, 1.807) is 0 Å². The molecule has 1 saturated carbocycles. The molecule has 1 aromatic rings. The number of allylic oxidation sites excluding steroid dienone is 1. The molecule has 5 amide bonds. The van der Waals surface area contributed by atoms with Crippen molar-refractivity contribution in [1.82, 2.24) is 20.4 Å². The lowest BCUT2D eigenvalue weighted by Gasteiger charge is -2.30. The molecular weight excluding hydrogens is 611 g/mol. The van der Waals surface area contributed by atoms with Crippen LogP contribution in [0.15, 0.2) is 36.4 Å². The van der Waals surface area contributed by atoms with Gasteiger partial charge in [-0.3, -0.25) is 14.4 Å². The first kappa shape index (κ1) is 33.1. The van der Waals surface area contributed by atoms with Gasteiger partial charge < -0.3 is 35.6 Å². The first-order valence-electron chi connectivity index (χ1n) is 15.5. The van der Waals surface area contributed by atoms with Crippen LogP contribution in [-0.4, -0.2) is 89.3 Å². The van der Waals surface area contributed by atoms with Crippen molar-refractivity contribution < 1.29 is 46.6 Å². The third-order valence-electron chi connectivity index (χ3n) is 8.99. The summed E-state index contributed by atoms with van der Waals surface area (Å²) >= 11 is 0. The molecule has 15 heteroatoms. The van der Waals surface area contributed by atoms with E-state index in [9.17, 15) is 37.1 Å². The van der Waals surface area contributed by atoms with E-state index in [2.05, 4.69) is 15.4 Å². The maximum Gasteiger partial charge on any atom is 0.422 e. The second-order valence-corrected chi connectivity index (χ2v) is 12.3. The molecular formula is C31H38F3N5O7. The summed E-state index contributed by atoms with van der Waals surface area (Å²) in [5, 5.41) is 4.95. The lowest BCUT2D eigenvalue weighted by molar-refractivity contribution is -0.160. The van der Waals surface area contributed by atoms with Gasteiger partial charge in [-0.1, -0.05) is 49.3 Å². The van der Waals surface area contributed by atoms with Gasteiger partial charge in [-0.25, -0.2) is 9.59 Å². The number of alkyl carbamates (subject to hydrolysis) is 1. The summed E-state index contributed by atoms with van der Waals surface area (Å²) in [5.74, 6) is -2.49. The maximum absolute atomic E-state index is 13.9. The molecule has 1 saturated heterocycles. The normalized spacial score (nSPS) is 29.1. The average Bonchev–Trinajstić information content (AvgIpc) is 3.55. The van der Waals surface area contributed by atoms with Crippen LogP contribution in [-0.2, 0) is 36.8 Å². The number of carbonyl (C=O) groups is 5. The van der Waals surface area contributed by atoms with Crippen LogP contribution in [0.25, 0.3) is 0 Å². The predicted molar refractivity (Wildman–Crippen MR) is 156 cm³/mol. The largest absolute Gasteiger partial charge is 0.444 e. The Kier molecular flexibility index (Phi) is 9.77. The fraction of sp³-hybridized carbons (Fsp3) is 0.581. The second kappa shape index (κ2) is 13.6. The Morgan fingerprint density at radius 3 is 2.61 bits per heavy atom. The first-order chi connectivity index (χ1) is 21.9. The van der Waals surface area contributed by atoms with Gasteiger partial charge in [-0.2, -0.15) is 13.2 Å². The number of hydrogen-bond donors (Lipinski definition) is 3. The van der Waals surface area contributed by atoms with E-state index in [-0.39, 0.29) is 31.7 Å². The summed E-state index contributed by atoms with van der Waals surface area (Å²) in [6.07, 6.45) is -0.667. The zero-order valence-electron chi connectivity index (χ0n) is 25.2. The van der Waals surface area contributed by atoms with Gasteiger partial charge >= 0.3 is 18.4 Å². The molecule has 3 aliphatic heterocycles. The number of carbonyl (C=O) groups excluding carboxylic acids is 5. The highest BCUT2D eigenvalue weighted by Crippen LogP contribution is 2.45. The number of halogens is 3. The monoisotopic (exact) mass is 649 g/mol. The molecule has 12 nitrogen and oxygen atoms in total. The van der Waals surface area contributed by atoms with Crippen LogP contribution in [0.3, 0.4) is 0 Å². The molecule has 250 valence electrons. The minimum Gasteiger partial charge on any atom is -0.444 e. The highest BCUT2D eigenvalue weighted by atomic mass is 19.4. The van der Waals surface area contributed by atoms with Crippen molar-refractivity contribution in [2.75, 3.05) is 19.7 Å². The minimum atomic E-state index is -4.76. The fourth-order valence-corrected chi connectivity index (χ4v) is 6.39. The number of rotatable bonds is 4. The van der Waals surface area contributed by atoms with E-state index in [4.69, 9.17) is 10.5 Å². The van der Waals surface area contributed by atoms with Crippen molar-refractivity contribution in [2.45, 2.75) is 87.8 Å². The smallest absolute Gasteiger partial charge is 0.422 e. The van der Waals surface area contributed by atoms with Crippen molar-refractivity contribution >= 4 is 29.9 Å². The van der Waals surface area contributed by atoms with Crippen LogP contribution in [0.4, 0.5) is 22.8 Å². The van der Waals surface area contributed by atoms with Crippen molar-refractivity contribution in [3.63, 3.8) is 0 Å². The Labute approximate surface area is 263 Å². The van der Waals surface area contributed by atoms with Gasteiger partial charge in [0.2, 0.25) is 17.7 Å². The Balaban J connectivity index is 1.35. The third kappa shape index (κ3) is 7.73. The molecule has 0 bridgehead atoms. The van der Waals surface area contributed by atoms with Crippen molar-refractivity contribution in [1.29, 1.82) is 0 Å². The molecule has 0 unspecified atom stereocenters. The predicted octanol–water partition coefficient (Wildman–Crippen LogP) is 2.69. The topological polar surface area (TPSA) is 160 Å². The maximum atomic E-state index is 13.9. The molecule has 0 aromatic heterocycles. The van der Waals surface area contributed by atoms with Gasteiger partial charge in [0.1, 0.15) is 23.7 Å². The molecule has 4 aliphatic rings. The number of alkyl halides is 3. The zero-order valence-corrected chi connectivity index (χ0v) is 25.2. The van der Waals surface area contributed by atoms with E-state index in [1.165, 1.54) is 4.90 Å². The molecule has 5 atom stereocenters. The Bertz CT molecular complexity index is 1390. The number of fused-ring (bicyclic) bond motifs is 3. The van der Waals surface area contributed by atoms with Gasteiger partial charge in [0.15, 0.2) is 6.61 Å². The molecule has 0 spiro atoms. The molecule has 46 heavy (non-hydrogen) atoms. The number of hydrogen-bond acceptors (Lipinski definition) is 7. The highest BCUT2D eigenvalue weighted by Gasteiger charge is 2.60. The Hall–Kier alpha value is -4.30. The minimum absolute atomic E-state index is 0.0694. The highest BCUT2D eigenvalue weighted by molar-refractivity contribution is 5.97. The van der Waals surface area contributed by atoms with E-state index < -0.39 is 66.4 Å². The number of nitrogens with two attached hydrogens (primary N) is 1. The quantitative estimate of drug-likeness (QED) is 0.423. The third-order valence-corrected chi connectivity index (χ3v) is 8.99. The lowest BCUT2D eigenvalue weighted by atomic mass is 10.0. The number of benzene rings is 1. The molecule has 4 N–H and O–H groups in total. The van der Waals surface area contributed by atoms with Gasteiger partial charge in [-0.15, -0.1) is 0 Å². The van der Waals surface area contributed by atoms with Crippen LogP contribution < -0.4 is 16.4 Å². The number of primary amides is 1. The summed E-state index contributed by atoms with van der Waals surface area (Å²) in [5.41, 5.74) is 6.47. The lowest BCUT2D eigenvalue weighted by Crippen LogP contribution is -2.57. The number of amides is 5. The van der Waals surface area contributed by atoms with Crippen LogP contribution in [0, 0.1) is 5.92 Å². The zero-order chi connectivity index (χ0) is 33.1. The van der Waals surface area contributed by atoms with Crippen LogP contribution in [0.1, 0.15) is 56.1 Å². The van der Waals surface area contributed by atoms with Crippen LogP contribution in [0.2, 0.25) is 0 Å². The Morgan fingerprint density at radius 2 is 1.87 bits per heavy atom. The second-order valence-electron chi connectivity index (χ2n) is 12.3. The number of ether oxygens (including phenoxy) is 2. The number of nitrogens with one attached hydrogen (secondary N) is 2. The average molecular weight is 650 g/mol. The van der Waals surface area contributed by atoms with E-state index in [0.717, 1.165) is 16.0 Å². The van der Waals surface area contributed by atoms with E-state index >= 15 is 0 Å². The molecule has 3 heterocycles. The SMILES string of the molecule is NC(=O)[C@@]12C[C@H]1/C=C\CCCCC[C@H](NC(=O)OCC(F)(F)F)C(=O)N1C[C@H](OC(=O)N3CCc4ccccc4C3)C[C@H]1C(=O)N2. The molecule has 1 aliphatic carbocycles. The molecule has 5 rings (SSSR count). The van der Waals surface area contributed by atoms with Crippen molar-refractivity contribution in [2.24, 2.45) is 11.7 Å². The molecule has 0 radical (unpaired) electrons. The van der Waals surface area contributed by atoms with Gasteiger partial charge in [0.05, 0.1) is 6.54 Å². The standard InChI is InChI=1S/C31H38F3N5O7/c32-31(33,34)18-45-28(43)36-23-11-5-3-1-2-4-10-21-15-30(21,27(35)42)37-25(40)24-14-22(17-39(24)26(23)41)46-29(44)38-13-12-19-8-6-7-9-20(19)16-38/h4,6-10,21-24H,1-3,5,11-18H2,(H2,35,42)(H,36,43)(H,37,40)/b10-4-/t21-,22-,23+,24+,30-/m1/s1. The summed E-state index contributed by atoms with van der Waals surface area (Å²) in [7, 11) is 0. The first-order valence-corrected chi connectivity index (χ1v) is 15.5. The summed E-state index contributed by atoms with van der Waals surface area (Å²) in [6, 6.07) is 5.19. The summed E-state index contributed by atoms with van der Waals surface area (Å²) < 4.78 is 48.1. The van der Waals surface area contributed by atoms with E-state index in [1.807, 2.05) is 36.4 Å². The van der Waals surface area contributed by atoms with Crippen LogP contribution in [0.5, 0.6) is 0 Å². The Morgan fingerprint density at radius 1 is 1.11 bits per heavy atom. The van der Waals surface area contributed by atoms with Crippen LogP contribution >= 0.6 is 0 Å². The van der Waals surface area contributed by atoms with Crippen molar-refractivity contribution in [3.05, 3.63) is 47.5 Å². The molecule has 1 aromatic carbocycles. The number of nitrogens with zero attached hydrogens (tertiary/aromatic N) is 2. The van der Waals surface area contributed by atoms with Gasteiger partial charge in [0, 0.05) is 25.4 Å².